The summed E-state index contributed by atoms with van der Waals surface area (Å²) < 4.78 is 5.00. The van der Waals surface area contributed by atoms with Crippen molar-refractivity contribution >= 4 is 17.3 Å². The number of aryl methyl sites for hydroxylation is 1. The van der Waals surface area contributed by atoms with Gasteiger partial charge >= 0.3 is 5.97 Å². The molecule has 0 spiro atoms. The minimum atomic E-state index is -0.234. The lowest BCUT2D eigenvalue weighted by molar-refractivity contribution is 0.0532. The normalized spacial score (nSPS) is 10.2. The van der Waals surface area contributed by atoms with Gasteiger partial charge in [-0.1, -0.05) is 30.3 Å². The number of esters is 1. The van der Waals surface area contributed by atoms with Crippen LogP contribution in [0.15, 0.2) is 36.4 Å². The van der Waals surface area contributed by atoms with Crippen LogP contribution in [0.4, 0.5) is 0 Å². The van der Waals surface area contributed by atoms with Gasteiger partial charge in [0.1, 0.15) is 4.88 Å². The second kappa shape index (κ2) is 5.15. The highest BCUT2D eigenvalue weighted by atomic mass is 32.1. The fraction of sp³-hybridized carbons (Fsp3) is 0.214. The van der Waals surface area contributed by atoms with Crippen LogP contribution in [0.5, 0.6) is 0 Å². The van der Waals surface area contributed by atoms with Crippen LogP contribution in [0, 0.1) is 6.92 Å². The number of ether oxygens (including phenoxy) is 1. The monoisotopic (exact) mass is 246 g/mol. The summed E-state index contributed by atoms with van der Waals surface area (Å²) in [5.41, 5.74) is 2.26. The van der Waals surface area contributed by atoms with E-state index in [0.29, 0.717) is 11.5 Å². The van der Waals surface area contributed by atoms with Crippen LogP contribution in [0.3, 0.4) is 0 Å². The van der Waals surface area contributed by atoms with Crippen molar-refractivity contribution in [3.63, 3.8) is 0 Å². The van der Waals surface area contributed by atoms with Crippen LogP contribution in [0.25, 0.3) is 10.4 Å². The molecule has 2 nitrogen and oxygen atoms in total. The third kappa shape index (κ3) is 2.56. The largest absolute Gasteiger partial charge is 0.462 e. The van der Waals surface area contributed by atoms with Gasteiger partial charge in [0.05, 0.1) is 6.61 Å². The molecule has 0 unspecified atom stereocenters. The molecule has 0 amide bonds. The van der Waals surface area contributed by atoms with E-state index in [1.807, 2.05) is 50.2 Å². The highest BCUT2D eigenvalue weighted by Crippen LogP contribution is 2.32. The lowest BCUT2D eigenvalue weighted by Crippen LogP contribution is -2.01. The molecule has 3 heteroatoms. The molecule has 2 aromatic rings. The SMILES string of the molecule is CCOC(=O)c1cc(C)c(-c2ccccc2)s1. The molecule has 0 bridgehead atoms. The number of rotatable bonds is 3. The molecule has 0 atom stereocenters. The fourth-order valence-electron chi connectivity index (χ4n) is 1.66. The molecule has 88 valence electrons. The summed E-state index contributed by atoms with van der Waals surface area (Å²) in [6.07, 6.45) is 0. The molecule has 0 saturated carbocycles. The van der Waals surface area contributed by atoms with E-state index in [4.69, 9.17) is 4.74 Å². The minimum Gasteiger partial charge on any atom is -0.462 e. The topological polar surface area (TPSA) is 26.3 Å². The van der Waals surface area contributed by atoms with Gasteiger partial charge in [-0.3, -0.25) is 0 Å². The maximum absolute atomic E-state index is 11.6. The summed E-state index contributed by atoms with van der Waals surface area (Å²) in [4.78, 5) is 13.4. The van der Waals surface area contributed by atoms with Crippen molar-refractivity contribution in [1.29, 1.82) is 0 Å². The van der Waals surface area contributed by atoms with Crippen molar-refractivity contribution in [3.8, 4) is 10.4 Å². The average molecular weight is 246 g/mol. The first-order valence-corrected chi connectivity index (χ1v) is 6.37. The number of benzene rings is 1. The van der Waals surface area contributed by atoms with E-state index in [2.05, 4.69) is 0 Å². The van der Waals surface area contributed by atoms with E-state index in [1.165, 1.54) is 11.3 Å². The summed E-state index contributed by atoms with van der Waals surface area (Å²) in [6.45, 7) is 4.24. The first-order valence-electron chi connectivity index (χ1n) is 5.55. The Bertz CT molecular complexity index is 514. The molecule has 0 fully saturated rings. The average Bonchev–Trinajstić information content (AvgIpc) is 2.73. The summed E-state index contributed by atoms with van der Waals surface area (Å²) in [7, 11) is 0. The molecule has 0 aliphatic heterocycles. The molecule has 0 aliphatic rings. The number of hydrogen-bond acceptors (Lipinski definition) is 3. The third-order valence-corrected chi connectivity index (χ3v) is 3.70. The molecule has 0 radical (unpaired) electrons. The first-order chi connectivity index (χ1) is 8.22. The molecule has 2 rings (SSSR count). The van der Waals surface area contributed by atoms with Gasteiger partial charge < -0.3 is 4.74 Å². The van der Waals surface area contributed by atoms with Crippen molar-refractivity contribution in [3.05, 3.63) is 46.8 Å². The maximum Gasteiger partial charge on any atom is 0.348 e. The smallest absolute Gasteiger partial charge is 0.348 e. The molecule has 1 aromatic heterocycles. The molecule has 17 heavy (non-hydrogen) atoms. The second-order valence-corrected chi connectivity index (χ2v) is 4.76. The molecular weight excluding hydrogens is 232 g/mol. The van der Waals surface area contributed by atoms with Crippen molar-refractivity contribution in [2.45, 2.75) is 13.8 Å². The van der Waals surface area contributed by atoms with Gasteiger partial charge in [-0.15, -0.1) is 11.3 Å². The number of thiophene rings is 1. The van der Waals surface area contributed by atoms with E-state index in [9.17, 15) is 4.79 Å². The predicted molar refractivity (Wildman–Crippen MR) is 70.4 cm³/mol. The van der Waals surface area contributed by atoms with Crippen LogP contribution in [0.2, 0.25) is 0 Å². The Labute approximate surface area is 105 Å². The fourth-order valence-corrected chi connectivity index (χ4v) is 2.73. The van der Waals surface area contributed by atoms with Gasteiger partial charge in [-0.2, -0.15) is 0 Å². The minimum absolute atomic E-state index is 0.234. The van der Waals surface area contributed by atoms with Crippen molar-refractivity contribution in [2.24, 2.45) is 0 Å². The summed E-state index contributed by atoms with van der Waals surface area (Å²) in [5.74, 6) is -0.234. The number of carbonyl (C=O) groups is 1. The molecule has 0 aliphatic carbocycles. The Balaban J connectivity index is 2.35. The number of carbonyl (C=O) groups excluding carboxylic acids is 1. The van der Waals surface area contributed by atoms with Gasteiger partial charge in [0, 0.05) is 4.88 Å². The van der Waals surface area contributed by atoms with Crippen LogP contribution < -0.4 is 0 Å². The molecule has 1 aromatic carbocycles. The maximum atomic E-state index is 11.6. The van der Waals surface area contributed by atoms with Crippen molar-refractivity contribution in [2.75, 3.05) is 6.61 Å². The van der Waals surface area contributed by atoms with E-state index >= 15 is 0 Å². The Morgan fingerprint density at radius 3 is 2.65 bits per heavy atom. The van der Waals surface area contributed by atoms with Gasteiger partial charge in [0.2, 0.25) is 0 Å². The van der Waals surface area contributed by atoms with Crippen LogP contribution in [-0.4, -0.2) is 12.6 Å². The summed E-state index contributed by atoms with van der Waals surface area (Å²) >= 11 is 1.49. The highest BCUT2D eigenvalue weighted by Gasteiger charge is 2.13. The lowest BCUT2D eigenvalue weighted by Gasteiger charge is -1.98. The van der Waals surface area contributed by atoms with Crippen molar-refractivity contribution in [1.82, 2.24) is 0 Å². The quantitative estimate of drug-likeness (QED) is 0.768. The van der Waals surface area contributed by atoms with E-state index in [0.717, 1.165) is 16.0 Å². The van der Waals surface area contributed by atoms with Crippen LogP contribution >= 0.6 is 11.3 Å². The Hall–Kier alpha value is -1.61. The first kappa shape index (κ1) is 11.9. The lowest BCUT2D eigenvalue weighted by atomic mass is 10.1. The number of hydrogen-bond donors (Lipinski definition) is 0. The molecular formula is C14H14O2S. The zero-order valence-corrected chi connectivity index (χ0v) is 10.7. The van der Waals surface area contributed by atoms with E-state index in [-0.39, 0.29) is 5.97 Å². The van der Waals surface area contributed by atoms with E-state index < -0.39 is 0 Å². The van der Waals surface area contributed by atoms with Gasteiger partial charge in [0.15, 0.2) is 0 Å². The van der Waals surface area contributed by atoms with Gasteiger partial charge in [0.25, 0.3) is 0 Å². The Morgan fingerprint density at radius 2 is 2.00 bits per heavy atom. The van der Waals surface area contributed by atoms with Gasteiger partial charge in [-0.25, -0.2) is 4.79 Å². The highest BCUT2D eigenvalue weighted by molar-refractivity contribution is 7.17. The third-order valence-electron chi connectivity index (χ3n) is 2.43. The molecule has 1 heterocycles. The zero-order valence-electron chi connectivity index (χ0n) is 9.90. The predicted octanol–water partition coefficient (Wildman–Crippen LogP) is 3.90. The Kier molecular flexibility index (Phi) is 3.59. The summed E-state index contributed by atoms with van der Waals surface area (Å²) in [6, 6.07) is 12.0. The Morgan fingerprint density at radius 1 is 1.29 bits per heavy atom. The van der Waals surface area contributed by atoms with Crippen LogP contribution in [0.1, 0.15) is 22.2 Å². The van der Waals surface area contributed by atoms with Gasteiger partial charge in [-0.05, 0) is 31.0 Å². The zero-order chi connectivity index (χ0) is 12.3. The molecule has 0 N–H and O–H groups in total. The molecule has 0 saturated heterocycles. The summed E-state index contributed by atoms with van der Waals surface area (Å²) in [5, 5.41) is 0. The second-order valence-electron chi connectivity index (χ2n) is 3.71. The van der Waals surface area contributed by atoms with E-state index in [1.54, 1.807) is 0 Å². The van der Waals surface area contributed by atoms with Crippen LogP contribution in [-0.2, 0) is 4.74 Å². The standard InChI is InChI=1S/C14H14O2S/c1-3-16-14(15)12-9-10(2)13(17-12)11-7-5-4-6-8-11/h4-9H,3H2,1-2H3. The van der Waals surface area contributed by atoms with Crippen molar-refractivity contribution < 1.29 is 9.53 Å².